The Morgan fingerprint density at radius 3 is 2.23 bits per heavy atom. The average Bonchev–Trinajstić information content (AvgIpc) is 2.13. The van der Waals surface area contributed by atoms with Gasteiger partial charge in [0.25, 0.3) is 0 Å². The third kappa shape index (κ3) is 2.08. The van der Waals surface area contributed by atoms with Crippen LogP contribution in [-0.2, 0) is 0 Å². The lowest BCUT2D eigenvalue weighted by Crippen LogP contribution is -2.28. The molecular weight excluding hydrogens is 156 g/mol. The lowest BCUT2D eigenvalue weighted by Gasteiger charge is -2.41. The molecule has 0 nitrogen and oxygen atoms in total. The first-order valence-electron chi connectivity index (χ1n) is 6.22. The maximum absolute atomic E-state index is 2.52. The molecule has 0 N–H and O–H groups in total. The molecule has 0 aromatic heterocycles. The van der Waals surface area contributed by atoms with Crippen LogP contribution in [0, 0.1) is 17.3 Å². The highest BCUT2D eigenvalue weighted by molar-refractivity contribution is 4.85. The lowest BCUT2D eigenvalue weighted by atomic mass is 9.65. The van der Waals surface area contributed by atoms with Gasteiger partial charge in [-0.3, -0.25) is 0 Å². The van der Waals surface area contributed by atoms with Gasteiger partial charge < -0.3 is 0 Å². The minimum absolute atomic E-state index is 0.698. The largest absolute Gasteiger partial charge is 0.0649 e. The van der Waals surface area contributed by atoms with E-state index in [0.29, 0.717) is 5.41 Å². The topological polar surface area (TPSA) is 0 Å². The van der Waals surface area contributed by atoms with Gasteiger partial charge in [-0.1, -0.05) is 46.0 Å². The third-order valence-electron chi connectivity index (χ3n) is 4.76. The van der Waals surface area contributed by atoms with E-state index in [2.05, 4.69) is 13.8 Å². The summed E-state index contributed by atoms with van der Waals surface area (Å²) in [7, 11) is 0. The monoisotopic (exact) mass is 180 g/mol. The summed E-state index contributed by atoms with van der Waals surface area (Å²) in [5.74, 6) is 2.18. The SMILES string of the molecule is CCC1(C)CCC2CCC(CC2)C1. The van der Waals surface area contributed by atoms with Gasteiger partial charge in [0.05, 0.1) is 0 Å². The Morgan fingerprint density at radius 2 is 1.62 bits per heavy atom. The smallest absolute Gasteiger partial charge is 0.0326 e. The molecule has 0 aromatic carbocycles. The molecule has 0 saturated heterocycles. The van der Waals surface area contributed by atoms with Gasteiger partial charge in [-0.05, 0) is 36.5 Å². The summed E-state index contributed by atoms with van der Waals surface area (Å²) in [5.41, 5.74) is 0.698. The fourth-order valence-electron chi connectivity index (χ4n) is 3.40. The van der Waals surface area contributed by atoms with Crippen LogP contribution in [0.5, 0.6) is 0 Å². The quantitative estimate of drug-likeness (QED) is 0.561. The molecule has 0 aromatic rings. The van der Waals surface area contributed by atoms with Crippen LogP contribution in [0.3, 0.4) is 0 Å². The molecule has 3 fully saturated rings. The minimum Gasteiger partial charge on any atom is -0.0649 e. The van der Waals surface area contributed by atoms with Crippen molar-refractivity contribution in [1.29, 1.82) is 0 Å². The fourth-order valence-corrected chi connectivity index (χ4v) is 3.40. The Bertz CT molecular complexity index is 165. The van der Waals surface area contributed by atoms with Crippen molar-refractivity contribution in [1.82, 2.24) is 0 Å². The second-order valence-electron chi connectivity index (χ2n) is 5.79. The van der Waals surface area contributed by atoms with Crippen molar-refractivity contribution < 1.29 is 0 Å². The van der Waals surface area contributed by atoms with Crippen molar-refractivity contribution in [3.8, 4) is 0 Å². The van der Waals surface area contributed by atoms with Crippen LogP contribution in [0.4, 0.5) is 0 Å². The zero-order chi connectivity index (χ0) is 9.31. The molecule has 0 heterocycles. The standard InChI is InChI=1S/C13H24/c1-3-13(2)9-8-11-4-6-12(10-13)7-5-11/h11-12H,3-10H2,1-2H3. The minimum atomic E-state index is 0.698. The van der Waals surface area contributed by atoms with Gasteiger partial charge in [0.2, 0.25) is 0 Å². The van der Waals surface area contributed by atoms with Crippen LogP contribution >= 0.6 is 0 Å². The number of hydrogen-bond acceptors (Lipinski definition) is 0. The highest BCUT2D eigenvalue weighted by Crippen LogP contribution is 2.46. The van der Waals surface area contributed by atoms with Crippen molar-refractivity contribution in [2.45, 2.75) is 65.2 Å². The van der Waals surface area contributed by atoms with Gasteiger partial charge >= 0.3 is 0 Å². The van der Waals surface area contributed by atoms with E-state index in [4.69, 9.17) is 0 Å². The van der Waals surface area contributed by atoms with Gasteiger partial charge in [0.1, 0.15) is 0 Å². The van der Waals surface area contributed by atoms with Gasteiger partial charge in [-0.25, -0.2) is 0 Å². The summed E-state index contributed by atoms with van der Waals surface area (Å²) >= 11 is 0. The first-order valence-corrected chi connectivity index (χ1v) is 6.22. The van der Waals surface area contributed by atoms with Crippen LogP contribution in [0.15, 0.2) is 0 Å². The first-order chi connectivity index (χ1) is 6.22. The van der Waals surface area contributed by atoms with E-state index in [1.54, 1.807) is 25.7 Å². The fraction of sp³-hybridized carbons (Fsp3) is 1.00. The van der Waals surface area contributed by atoms with E-state index < -0.39 is 0 Å². The second kappa shape index (κ2) is 3.63. The molecule has 0 spiro atoms. The Morgan fingerprint density at radius 1 is 1.00 bits per heavy atom. The van der Waals surface area contributed by atoms with Crippen molar-refractivity contribution in [2.24, 2.45) is 17.3 Å². The van der Waals surface area contributed by atoms with Crippen molar-refractivity contribution >= 4 is 0 Å². The normalized spacial score (nSPS) is 45.7. The first kappa shape index (κ1) is 9.55. The van der Waals surface area contributed by atoms with Gasteiger partial charge in [0, 0.05) is 0 Å². The Balaban J connectivity index is 2.04. The summed E-state index contributed by atoms with van der Waals surface area (Å²) < 4.78 is 0. The summed E-state index contributed by atoms with van der Waals surface area (Å²) in [4.78, 5) is 0. The highest BCUT2D eigenvalue weighted by Gasteiger charge is 2.33. The summed E-state index contributed by atoms with van der Waals surface area (Å²) in [6, 6.07) is 0. The number of hydrogen-bond donors (Lipinski definition) is 0. The van der Waals surface area contributed by atoms with E-state index in [9.17, 15) is 0 Å². The second-order valence-corrected chi connectivity index (χ2v) is 5.79. The molecule has 0 radical (unpaired) electrons. The molecule has 76 valence electrons. The Labute approximate surface area is 83.1 Å². The molecule has 3 rings (SSSR count). The number of rotatable bonds is 1. The summed E-state index contributed by atoms with van der Waals surface area (Å²) in [6.45, 7) is 4.91. The van der Waals surface area contributed by atoms with E-state index in [-0.39, 0.29) is 0 Å². The van der Waals surface area contributed by atoms with E-state index in [1.807, 2.05) is 0 Å². The predicted molar refractivity (Wildman–Crippen MR) is 57.7 cm³/mol. The van der Waals surface area contributed by atoms with Crippen molar-refractivity contribution in [2.75, 3.05) is 0 Å². The molecule has 0 amide bonds. The van der Waals surface area contributed by atoms with Crippen LogP contribution in [0.2, 0.25) is 0 Å². The van der Waals surface area contributed by atoms with Crippen LogP contribution < -0.4 is 0 Å². The molecule has 3 aliphatic carbocycles. The lowest BCUT2D eigenvalue weighted by molar-refractivity contribution is 0.112. The summed E-state index contributed by atoms with van der Waals surface area (Å²) in [5, 5.41) is 0. The van der Waals surface area contributed by atoms with E-state index >= 15 is 0 Å². The average molecular weight is 180 g/mol. The third-order valence-corrected chi connectivity index (χ3v) is 4.76. The Hall–Kier alpha value is 0. The maximum atomic E-state index is 2.52. The molecule has 3 saturated carbocycles. The molecular formula is C13H24. The van der Waals surface area contributed by atoms with Crippen LogP contribution in [0.25, 0.3) is 0 Å². The number of fused-ring (bicyclic) bond motifs is 5. The van der Waals surface area contributed by atoms with Gasteiger partial charge in [-0.2, -0.15) is 0 Å². The maximum Gasteiger partial charge on any atom is -0.0326 e. The van der Waals surface area contributed by atoms with Gasteiger partial charge in [-0.15, -0.1) is 0 Å². The van der Waals surface area contributed by atoms with E-state index in [1.165, 1.54) is 25.7 Å². The molecule has 13 heavy (non-hydrogen) atoms. The molecule has 1 unspecified atom stereocenters. The van der Waals surface area contributed by atoms with Crippen LogP contribution in [0.1, 0.15) is 65.2 Å². The van der Waals surface area contributed by atoms with Crippen molar-refractivity contribution in [3.63, 3.8) is 0 Å². The van der Waals surface area contributed by atoms with Gasteiger partial charge in [0.15, 0.2) is 0 Å². The van der Waals surface area contributed by atoms with E-state index in [0.717, 1.165) is 11.8 Å². The molecule has 3 aliphatic rings. The predicted octanol–water partition coefficient (Wildman–Crippen LogP) is 4.39. The zero-order valence-electron chi connectivity index (χ0n) is 9.31. The van der Waals surface area contributed by atoms with Crippen LogP contribution in [-0.4, -0.2) is 0 Å². The highest BCUT2D eigenvalue weighted by atomic mass is 14.4. The molecule has 2 bridgehead atoms. The Kier molecular flexibility index (Phi) is 2.67. The molecule has 0 heteroatoms. The molecule has 0 aliphatic heterocycles. The molecule has 1 atom stereocenters. The van der Waals surface area contributed by atoms with Crippen molar-refractivity contribution in [3.05, 3.63) is 0 Å². The summed E-state index contributed by atoms with van der Waals surface area (Å²) in [6.07, 6.45) is 12.1. The zero-order valence-corrected chi connectivity index (χ0v) is 9.31.